The summed E-state index contributed by atoms with van der Waals surface area (Å²) in [5, 5.41) is 9.52. The molecule has 0 radical (unpaired) electrons. The topological polar surface area (TPSA) is 20.2 Å². The molecule has 2 rings (SSSR count). The molecular weight excluding hydrogens is 211 g/mol. The molecule has 0 saturated heterocycles. The molecule has 0 amide bonds. The summed E-state index contributed by atoms with van der Waals surface area (Å²) in [5.41, 5.74) is 0. The third-order valence-corrected chi connectivity index (χ3v) is 3.04. The van der Waals surface area contributed by atoms with Gasteiger partial charge in [0, 0.05) is 4.90 Å². The maximum atomic E-state index is 13.3. The van der Waals surface area contributed by atoms with Gasteiger partial charge in [-0.3, -0.25) is 0 Å². The maximum absolute atomic E-state index is 13.3. The Morgan fingerprint density at radius 1 is 0.867 bits per heavy atom. The first-order valence-corrected chi connectivity index (χ1v) is 5.29. The SMILES string of the molecule is Oc1ccccc1Sc1ccccc1F. The molecule has 76 valence electrons. The van der Waals surface area contributed by atoms with Crippen molar-refractivity contribution in [1.82, 2.24) is 0 Å². The number of para-hydroxylation sites is 1. The average molecular weight is 220 g/mol. The molecule has 15 heavy (non-hydrogen) atoms. The van der Waals surface area contributed by atoms with Gasteiger partial charge in [-0.2, -0.15) is 0 Å². The van der Waals surface area contributed by atoms with Gasteiger partial charge in [0.25, 0.3) is 0 Å². The van der Waals surface area contributed by atoms with E-state index in [2.05, 4.69) is 0 Å². The molecule has 0 spiro atoms. The summed E-state index contributed by atoms with van der Waals surface area (Å²) >= 11 is 1.22. The Bertz CT molecular complexity index is 427. The van der Waals surface area contributed by atoms with Crippen LogP contribution in [-0.4, -0.2) is 5.11 Å². The van der Waals surface area contributed by atoms with Crippen LogP contribution in [0.3, 0.4) is 0 Å². The molecule has 0 bridgehead atoms. The Kier molecular flexibility index (Phi) is 2.92. The first-order chi connectivity index (χ1) is 7.27. The molecule has 0 unspecified atom stereocenters. The molecule has 1 nitrogen and oxygen atoms in total. The van der Waals surface area contributed by atoms with Crippen LogP contribution < -0.4 is 0 Å². The van der Waals surface area contributed by atoms with E-state index in [4.69, 9.17) is 0 Å². The molecule has 0 aliphatic carbocycles. The summed E-state index contributed by atoms with van der Waals surface area (Å²) in [4.78, 5) is 1.17. The number of aromatic hydroxyl groups is 1. The number of benzene rings is 2. The van der Waals surface area contributed by atoms with Crippen molar-refractivity contribution in [1.29, 1.82) is 0 Å². The minimum absolute atomic E-state index is 0.172. The highest BCUT2D eigenvalue weighted by molar-refractivity contribution is 7.99. The lowest BCUT2D eigenvalue weighted by atomic mass is 10.3. The zero-order chi connectivity index (χ0) is 10.7. The summed E-state index contributed by atoms with van der Waals surface area (Å²) in [7, 11) is 0. The van der Waals surface area contributed by atoms with Gasteiger partial charge in [-0.1, -0.05) is 36.0 Å². The second kappa shape index (κ2) is 4.36. The van der Waals surface area contributed by atoms with Gasteiger partial charge in [-0.15, -0.1) is 0 Å². The van der Waals surface area contributed by atoms with Gasteiger partial charge in [0.15, 0.2) is 0 Å². The van der Waals surface area contributed by atoms with E-state index in [1.807, 2.05) is 6.07 Å². The van der Waals surface area contributed by atoms with Crippen molar-refractivity contribution in [3.63, 3.8) is 0 Å². The monoisotopic (exact) mass is 220 g/mol. The van der Waals surface area contributed by atoms with Gasteiger partial charge in [0.2, 0.25) is 0 Å². The van der Waals surface area contributed by atoms with E-state index in [0.29, 0.717) is 9.79 Å². The number of hydrogen-bond donors (Lipinski definition) is 1. The lowest BCUT2D eigenvalue weighted by Crippen LogP contribution is -1.80. The molecule has 3 heteroatoms. The summed E-state index contributed by atoms with van der Waals surface area (Å²) in [6.07, 6.45) is 0. The number of phenols is 1. The fourth-order valence-corrected chi connectivity index (χ4v) is 2.06. The molecule has 0 fully saturated rings. The molecule has 0 aliphatic rings. The van der Waals surface area contributed by atoms with Gasteiger partial charge >= 0.3 is 0 Å². The predicted molar refractivity (Wildman–Crippen MR) is 58.6 cm³/mol. The Morgan fingerprint density at radius 3 is 2.13 bits per heavy atom. The van der Waals surface area contributed by atoms with Gasteiger partial charge in [-0.25, -0.2) is 4.39 Å². The number of halogens is 1. The molecule has 1 N–H and O–H groups in total. The Morgan fingerprint density at radius 2 is 1.47 bits per heavy atom. The standard InChI is InChI=1S/C12H9FOS/c13-9-5-1-3-7-11(9)15-12-8-4-2-6-10(12)14/h1-8,14H. The fraction of sp³-hybridized carbons (Fsp3) is 0. The van der Waals surface area contributed by atoms with Crippen LogP contribution in [-0.2, 0) is 0 Å². The second-order valence-corrected chi connectivity index (χ2v) is 4.08. The van der Waals surface area contributed by atoms with Crippen molar-refractivity contribution in [2.75, 3.05) is 0 Å². The van der Waals surface area contributed by atoms with Crippen LogP contribution in [0.2, 0.25) is 0 Å². The quantitative estimate of drug-likeness (QED) is 0.833. The van der Waals surface area contributed by atoms with E-state index < -0.39 is 0 Å². The predicted octanol–water partition coefficient (Wildman–Crippen LogP) is 3.68. The van der Waals surface area contributed by atoms with E-state index in [-0.39, 0.29) is 11.6 Å². The van der Waals surface area contributed by atoms with Crippen LogP contribution in [0.1, 0.15) is 0 Å². The Balaban J connectivity index is 2.30. The molecule has 0 atom stereocenters. The smallest absolute Gasteiger partial charge is 0.137 e. The molecule has 2 aromatic rings. The summed E-state index contributed by atoms with van der Waals surface area (Å²) < 4.78 is 13.3. The highest BCUT2D eigenvalue weighted by Gasteiger charge is 2.05. The first-order valence-electron chi connectivity index (χ1n) is 4.48. The van der Waals surface area contributed by atoms with Crippen molar-refractivity contribution in [2.24, 2.45) is 0 Å². The fourth-order valence-electron chi connectivity index (χ4n) is 1.19. The zero-order valence-corrected chi connectivity index (χ0v) is 8.67. The first kappa shape index (κ1) is 10.1. The molecule has 0 aliphatic heterocycles. The minimum Gasteiger partial charge on any atom is -0.507 e. The van der Waals surface area contributed by atoms with E-state index in [1.54, 1.807) is 36.4 Å². The number of rotatable bonds is 2. The van der Waals surface area contributed by atoms with Crippen molar-refractivity contribution in [2.45, 2.75) is 9.79 Å². The van der Waals surface area contributed by atoms with Gasteiger partial charge in [0.1, 0.15) is 11.6 Å². The number of hydrogen-bond acceptors (Lipinski definition) is 2. The van der Waals surface area contributed by atoms with E-state index >= 15 is 0 Å². The van der Waals surface area contributed by atoms with Crippen molar-refractivity contribution in [3.05, 3.63) is 54.3 Å². The lowest BCUT2D eigenvalue weighted by molar-refractivity contribution is 0.462. The second-order valence-electron chi connectivity index (χ2n) is 3.00. The Labute approximate surface area is 91.6 Å². The van der Waals surface area contributed by atoms with E-state index in [9.17, 15) is 9.50 Å². The third kappa shape index (κ3) is 2.30. The van der Waals surface area contributed by atoms with E-state index in [1.165, 1.54) is 17.8 Å². The van der Waals surface area contributed by atoms with Gasteiger partial charge < -0.3 is 5.11 Å². The highest BCUT2D eigenvalue weighted by atomic mass is 32.2. The van der Waals surface area contributed by atoms with Gasteiger partial charge in [-0.05, 0) is 24.3 Å². The summed E-state index contributed by atoms with van der Waals surface area (Å²) in [5.74, 6) is -0.100. The molecular formula is C12H9FOS. The van der Waals surface area contributed by atoms with Crippen molar-refractivity contribution in [3.8, 4) is 5.75 Å². The van der Waals surface area contributed by atoms with Gasteiger partial charge in [0.05, 0.1) is 4.90 Å². The molecule has 0 aromatic heterocycles. The zero-order valence-electron chi connectivity index (χ0n) is 7.85. The van der Waals surface area contributed by atoms with Crippen LogP contribution in [0.25, 0.3) is 0 Å². The highest BCUT2D eigenvalue weighted by Crippen LogP contribution is 2.34. The molecule has 2 aromatic carbocycles. The lowest BCUT2D eigenvalue weighted by Gasteiger charge is -2.04. The van der Waals surface area contributed by atoms with Crippen molar-refractivity contribution >= 4 is 11.8 Å². The van der Waals surface area contributed by atoms with Crippen LogP contribution in [0.4, 0.5) is 4.39 Å². The summed E-state index contributed by atoms with van der Waals surface area (Å²) in [6.45, 7) is 0. The summed E-state index contributed by atoms with van der Waals surface area (Å²) in [6, 6.07) is 13.4. The minimum atomic E-state index is -0.272. The maximum Gasteiger partial charge on any atom is 0.137 e. The van der Waals surface area contributed by atoms with E-state index in [0.717, 1.165) is 0 Å². The normalized spacial score (nSPS) is 10.2. The molecule has 0 saturated carbocycles. The van der Waals surface area contributed by atoms with Crippen molar-refractivity contribution < 1.29 is 9.50 Å². The third-order valence-electron chi connectivity index (χ3n) is 1.92. The number of phenolic OH excluding ortho intramolecular Hbond substituents is 1. The van der Waals surface area contributed by atoms with Crippen LogP contribution in [0.15, 0.2) is 58.3 Å². The average Bonchev–Trinajstić information content (AvgIpc) is 2.24. The van der Waals surface area contributed by atoms with Crippen LogP contribution >= 0.6 is 11.8 Å². The Hall–Kier alpha value is -1.48. The largest absolute Gasteiger partial charge is 0.507 e. The van der Waals surface area contributed by atoms with Crippen LogP contribution in [0.5, 0.6) is 5.75 Å². The van der Waals surface area contributed by atoms with Crippen LogP contribution in [0, 0.1) is 5.82 Å². The molecule has 0 heterocycles.